The zero-order valence-electron chi connectivity index (χ0n) is 11.0. The molecule has 0 aliphatic carbocycles. The van der Waals surface area contributed by atoms with Crippen molar-refractivity contribution in [2.24, 2.45) is 0 Å². The maximum absolute atomic E-state index is 6.62. The highest BCUT2D eigenvalue weighted by Gasteiger charge is 2.29. The van der Waals surface area contributed by atoms with Crippen molar-refractivity contribution in [1.82, 2.24) is 0 Å². The first kappa shape index (κ1) is 16.6. The van der Waals surface area contributed by atoms with Crippen molar-refractivity contribution in [3.8, 4) is 11.1 Å². The van der Waals surface area contributed by atoms with Crippen molar-refractivity contribution in [3.05, 3.63) is 0 Å². The van der Waals surface area contributed by atoms with Gasteiger partial charge in [-0.2, -0.15) is 22.2 Å². The summed E-state index contributed by atoms with van der Waals surface area (Å²) in [6.45, 7) is 8.68. The molecule has 0 amide bonds. The molecule has 0 heterocycles. The summed E-state index contributed by atoms with van der Waals surface area (Å²) in [6.07, 6.45) is 2.27. The molecule has 0 saturated carbocycles. The Morgan fingerprint density at radius 2 is 1.06 bits per heavy atom. The highest BCUT2D eigenvalue weighted by atomic mass is 35.6. The van der Waals surface area contributed by atoms with Crippen molar-refractivity contribution in [2.75, 3.05) is 0 Å². The molecule has 0 bridgehead atoms. The highest BCUT2D eigenvalue weighted by molar-refractivity contribution is 7.28. The zero-order valence-corrected chi connectivity index (χ0v) is 14.5. The second kappa shape index (κ2) is 7.81. The topological polar surface area (TPSA) is 0 Å². The predicted octanol–water partition coefficient (Wildman–Crippen LogP) is 5.30. The van der Waals surface area contributed by atoms with E-state index in [4.69, 9.17) is 22.2 Å². The lowest BCUT2D eigenvalue weighted by atomic mass is 10.6. The molecule has 0 rings (SSSR count). The third-order valence-corrected chi connectivity index (χ3v) is 12.5. The van der Waals surface area contributed by atoms with Gasteiger partial charge in [-0.25, -0.2) is 0 Å². The number of hydrogen-bond donors (Lipinski definition) is 0. The molecule has 0 radical (unpaired) electrons. The molecule has 0 saturated heterocycles. The molecule has 0 N–H and O–H groups in total. The fourth-order valence-corrected chi connectivity index (χ4v) is 8.34. The smallest absolute Gasteiger partial charge is 0.150 e. The predicted molar refractivity (Wildman–Crippen MR) is 82.1 cm³/mol. The molecule has 0 aliphatic rings. The van der Waals surface area contributed by atoms with E-state index in [0.29, 0.717) is 0 Å². The van der Waals surface area contributed by atoms with Gasteiger partial charge in [0.1, 0.15) is 0 Å². The monoisotopic (exact) mass is 294 g/mol. The van der Waals surface area contributed by atoms with Crippen molar-refractivity contribution >= 4 is 36.9 Å². The molecule has 0 nitrogen and oxygen atoms in total. The average Bonchev–Trinajstić information content (AvgIpc) is 2.27. The largest absolute Gasteiger partial charge is 0.233 e. The maximum Gasteiger partial charge on any atom is 0.233 e. The molecule has 2 atom stereocenters. The standard InChI is InChI=1S/C12H24Cl2Si2/c1-5-9-15(13,7-3)11-12-16(14,8-4)10-6-2/h5-10H2,1-4H3. The van der Waals surface area contributed by atoms with E-state index in [1.807, 2.05) is 0 Å². The van der Waals surface area contributed by atoms with E-state index >= 15 is 0 Å². The van der Waals surface area contributed by atoms with Gasteiger partial charge in [-0.1, -0.05) is 40.5 Å². The Kier molecular flexibility index (Phi) is 8.09. The summed E-state index contributed by atoms with van der Waals surface area (Å²) in [6, 6.07) is 4.25. The fraction of sp³-hybridized carbons (Fsp3) is 0.833. The van der Waals surface area contributed by atoms with E-state index in [0.717, 1.165) is 37.0 Å². The Hall–Kier alpha value is 0.574. The van der Waals surface area contributed by atoms with Crippen LogP contribution in [0.5, 0.6) is 0 Å². The van der Waals surface area contributed by atoms with Crippen LogP contribution >= 0.6 is 22.2 Å². The molecule has 2 unspecified atom stereocenters. The molecule has 0 aromatic rings. The minimum absolute atomic E-state index is 1.03. The molecule has 0 spiro atoms. The van der Waals surface area contributed by atoms with E-state index in [9.17, 15) is 0 Å². The first-order valence-electron chi connectivity index (χ1n) is 6.37. The summed E-state index contributed by atoms with van der Waals surface area (Å²) in [5.41, 5.74) is 6.81. The van der Waals surface area contributed by atoms with Gasteiger partial charge < -0.3 is 0 Å². The molecular weight excluding hydrogens is 271 g/mol. The quantitative estimate of drug-likeness (QED) is 0.354. The highest BCUT2D eigenvalue weighted by Crippen LogP contribution is 2.24. The SMILES string of the molecule is CCC[Si](Cl)(C#C[Si](Cl)(CC)CCC)CC. The number of hydrogen-bond acceptors (Lipinski definition) is 0. The summed E-state index contributed by atoms with van der Waals surface area (Å²) in [4.78, 5) is 0. The summed E-state index contributed by atoms with van der Waals surface area (Å²) >= 11 is 13.2. The number of rotatable bonds is 6. The van der Waals surface area contributed by atoms with Crippen LogP contribution in [0, 0.1) is 11.1 Å². The van der Waals surface area contributed by atoms with Crippen molar-refractivity contribution in [2.45, 2.75) is 64.7 Å². The molecule has 0 aromatic heterocycles. The van der Waals surface area contributed by atoms with Crippen molar-refractivity contribution in [1.29, 1.82) is 0 Å². The van der Waals surface area contributed by atoms with Crippen molar-refractivity contribution < 1.29 is 0 Å². The molecule has 0 fully saturated rings. The Morgan fingerprint density at radius 3 is 1.25 bits per heavy atom. The van der Waals surface area contributed by atoms with Gasteiger partial charge >= 0.3 is 0 Å². The van der Waals surface area contributed by atoms with Crippen LogP contribution in [0.4, 0.5) is 0 Å². The van der Waals surface area contributed by atoms with Crippen LogP contribution in [0.1, 0.15) is 40.5 Å². The second-order valence-electron chi connectivity index (χ2n) is 4.39. The molecule has 0 aliphatic heterocycles. The van der Waals surface area contributed by atoms with Gasteiger partial charge in [-0.3, -0.25) is 0 Å². The van der Waals surface area contributed by atoms with E-state index in [1.165, 1.54) is 0 Å². The van der Waals surface area contributed by atoms with Crippen LogP contribution in [0.2, 0.25) is 24.2 Å². The van der Waals surface area contributed by atoms with Gasteiger partial charge in [-0.15, -0.1) is 11.1 Å². The summed E-state index contributed by atoms with van der Waals surface area (Å²) in [5.74, 6) is 0. The van der Waals surface area contributed by atoms with Crippen LogP contribution in [0.15, 0.2) is 0 Å². The third kappa shape index (κ3) is 5.77. The molecular formula is C12H24Cl2Si2. The van der Waals surface area contributed by atoms with Gasteiger partial charge in [0.2, 0.25) is 14.8 Å². The first-order chi connectivity index (χ1) is 7.45. The van der Waals surface area contributed by atoms with Gasteiger partial charge in [0.25, 0.3) is 0 Å². The lowest BCUT2D eigenvalue weighted by Gasteiger charge is -2.18. The zero-order chi connectivity index (χ0) is 12.7. The van der Waals surface area contributed by atoms with E-state index < -0.39 is 14.8 Å². The summed E-state index contributed by atoms with van der Waals surface area (Å²) < 4.78 is 0. The average molecular weight is 295 g/mol. The van der Waals surface area contributed by atoms with Crippen LogP contribution < -0.4 is 0 Å². The van der Waals surface area contributed by atoms with Crippen LogP contribution in [-0.4, -0.2) is 14.8 Å². The normalized spacial score (nSPS) is 18.1. The van der Waals surface area contributed by atoms with Crippen LogP contribution in [-0.2, 0) is 0 Å². The molecule has 0 aromatic carbocycles. The minimum atomic E-state index is -1.82. The van der Waals surface area contributed by atoms with E-state index in [1.54, 1.807) is 0 Å². The lowest BCUT2D eigenvalue weighted by Crippen LogP contribution is -2.28. The summed E-state index contributed by atoms with van der Waals surface area (Å²) in [5, 5.41) is 0. The van der Waals surface area contributed by atoms with Crippen molar-refractivity contribution in [3.63, 3.8) is 0 Å². The van der Waals surface area contributed by atoms with E-state index in [-0.39, 0.29) is 0 Å². The Bertz CT molecular complexity index is 235. The third-order valence-electron chi connectivity index (χ3n) is 2.92. The molecule has 16 heavy (non-hydrogen) atoms. The first-order valence-corrected chi connectivity index (χ1v) is 13.2. The van der Waals surface area contributed by atoms with Gasteiger partial charge in [-0.05, 0) is 24.2 Å². The Morgan fingerprint density at radius 1 is 0.750 bits per heavy atom. The van der Waals surface area contributed by atoms with Gasteiger partial charge in [0, 0.05) is 0 Å². The molecule has 4 heteroatoms. The number of halogens is 2. The maximum atomic E-state index is 6.62. The lowest BCUT2D eigenvalue weighted by molar-refractivity contribution is 1.05. The van der Waals surface area contributed by atoms with Crippen LogP contribution in [0.25, 0.3) is 0 Å². The second-order valence-corrected chi connectivity index (χ2v) is 15.5. The summed E-state index contributed by atoms with van der Waals surface area (Å²) in [7, 11) is -3.63. The Labute approximate surface area is 113 Å². The minimum Gasteiger partial charge on any atom is -0.150 e. The fourth-order valence-electron chi connectivity index (χ4n) is 1.67. The van der Waals surface area contributed by atoms with Crippen LogP contribution in [0.3, 0.4) is 0 Å². The Balaban J connectivity index is 4.76. The van der Waals surface area contributed by atoms with E-state index in [2.05, 4.69) is 38.8 Å². The molecule has 94 valence electrons. The van der Waals surface area contributed by atoms with Gasteiger partial charge in [0.15, 0.2) is 0 Å². The van der Waals surface area contributed by atoms with Gasteiger partial charge in [0.05, 0.1) is 0 Å².